The third-order valence-electron chi connectivity index (χ3n) is 5.72. The second-order valence-corrected chi connectivity index (χ2v) is 7.75. The molecule has 7 heteroatoms. The number of ether oxygens (including phenoxy) is 2. The monoisotopic (exact) mass is 466 g/mol. The van der Waals surface area contributed by atoms with E-state index in [0.717, 1.165) is 59.1 Å². The smallest absolute Gasteiger partial charge is 0.191 e. The van der Waals surface area contributed by atoms with Crippen molar-refractivity contribution in [3.05, 3.63) is 0 Å². The third-order valence-corrected chi connectivity index (χ3v) is 5.72. The van der Waals surface area contributed by atoms with Crippen molar-refractivity contribution in [2.45, 2.75) is 45.1 Å². The van der Waals surface area contributed by atoms with Crippen LogP contribution in [-0.2, 0) is 9.47 Å². The van der Waals surface area contributed by atoms with E-state index in [9.17, 15) is 0 Å². The zero-order chi connectivity index (χ0) is 16.8. The highest BCUT2D eigenvalue weighted by Crippen LogP contribution is 2.37. The maximum Gasteiger partial charge on any atom is 0.191 e. The van der Waals surface area contributed by atoms with Crippen molar-refractivity contribution in [1.29, 1.82) is 0 Å². The van der Waals surface area contributed by atoms with Gasteiger partial charge in [0.25, 0.3) is 0 Å². The van der Waals surface area contributed by atoms with Crippen LogP contribution in [0.25, 0.3) is 0 Å². The normalized spacial score (nSPS) is 28.4. The Morgan fingerprint density at radius 1 is 1.12 bits per heavy atom. The average Bonchev–Trinajstić information content (AvgIpc) is 2.61. The summed E-state index contributed by atoms with van der Waals surface area (Å²) in [5, 5.41) is 0. The van der Waals surface area contributed by atoms with Gasteiger partial charge in [0.15, 0.2) is 5.96 Å². The van der Waals surface area contributed by atoms with Gasteiger partial charge in [0.05, 0.1) is 25.9 Å². The zero-order valence-corrected chi connectivity index (χ0v) is 18.0. The van der Waals surface area contributed by atoms with Crippen molar-refractivity contribution in [1.82, 2.24) is 9.80 Å². The lowest BCUT2D eigenvalue weighted by Crippen LogP contribution is -2.49. The van der Waals surface area contributed by atoms with Gasteiger partial charge in [-0.1, -0.05) is 19.3 Å². The van der Waals surface area contributed by atoms with E-state index in [2.05, 4.69) is 16.7 Å². The van der Waals surface area contributed by atoms with Crippen molar-refractivity contribution < 1.29 is 9.47 Å². The van der Waals surface area contributed by atoms with Gasteiger partial charge in [-0.25, -0.2) is 0 Å². The Hall–Kier alpha value is -0.120. The van der Waals surface area contributed by atoms with Crippen LogP contribution in [-0.4, -0.2) is 81.0 Å². The number of hydrogen-bond donors (Lipinski definition) is 1. The quantitative estimate of drug-likeness (QED) is 0.390. The number of nitrogens with two attached hydrogens (primary N) is 1. The van der Waals surface area contributed by atoms with Crippen LogP contribution in [0.5, 0.6) is 0 Å². The lowest BCUT2D eigenvalue weighted by Gasteiger charge is -2.41. The molecule has 1 saturated carbocycles. The van der Waals surface area contributed by atoms with E-state index in [1.165, 1.54) is 32.1 Å². The molecule has 2 aliphatic heterocycles. The molecule has 0 spiro atoms. The second-order valence-electron chi connectivity index (χ2n) is 7.75. The molecule has 25 heavy (non-hydrogen) atoms. The first-order valence-corrected chi connectivity index (χ1v) is 9.63. The summed E-state index contributed by atoms with van der Waals surface area (Å²) in [5.41, 5.74) is 6.61. The number of morpholine rings is 2. The number of guanidine groups is 1. The Morgan fingerprint density at radius 3 is 2.52 bits per heavy atom. The molecule has 1 aliphatic carbocycles. The molecular formula is C18H35IN4O2. The highest BCUT2D eigenvalue weighted by Gasteiger charge is 2.34. The van der Waals surface area contributed by atoms with Crippen molar-refractivity contribution in [3.63, 3.8) is 0 Å². The molecule has 0 aromatic carbocycles. The van der Waals surface area contributed by atoms with Crippen LogP contribution in [0, 0.1) is 5.41 Å². The Morgan fingerprint density at radius 2 is 1.84 bits per heavy atom. The molecule has 146 valence electrons. The molecule has 2 heterocycles. The molecule has 0 amide bonds. The predicted molar refractivity (Wildman–Crippen MR) is 112 cm³/mol. The fourth-order valence-electron chi connectivity index (χ4n) is 4.28. The number of halogens is 1. The SMILES string of the molecule is CC1CN(C(N)=NCC2(CN3CCOCC3)CCCCC2)CCO1.I. The van der Waals surface area contributed by atoms with Crippen LogP contribution in [0.15, 0.2) is 4.99 Å². The molecule has 0 radical (unpaired) electrons. The first-order chi connectivity index (χ1) is 11.7. The first kappa shape index (κ1) is 21.2. The lowest BCUT2D eigenvalue weighted by atomic mass is 9.73. The molecule has 0 aromatic rings. The molecule has 1 unspecified atom stereocenters. The van der Waals surface area contributed by atoms with Crippen LogP contribution in [0.3, 0.4) is 0 Å². The molecule has 3 aliphatic rings. The van der Waals surface area contributed by atoms with E-state index in [4.69, 9.17) is 20.2 Å². The van der Waals surface area contributed by atoms with Gasteiger partial charge in [0, 0.05) is 44.7 Å². The van der Waals surface area contributed by atoms with Crippen LogP contribution >= 0.6 is 24.0 Å². The van der Waals surface area contributed by atoms with Gasteiger partial charge in [0.1, 0.15) is 0 Å². The maximum absolute atomic E-state index is 6.31. The van der Waals surface area contributed by atoms with Crippen LogP contribution < -0.4 is 5.73 Å². The number of nitrogens with zero attached hydrogens (tertiary/aromatic N) is 3. The highest BCUT2D eigenvalue weighted by atomic mass is 127. The molecule has 1 atom stereocenters. The molecule has 0 aromatic heterocycles. The standard InChI is InChI=1S/C18H34N4O2.HI/c1-16-13-22(9-12-24-16)17(19)20-14-18(5-3-2-4-6-18)15-21-7-10-23-11-8-21;/h16H,2-15H2,1H3,(H2,19,20);1H. The largest absolute Gasteiger partial charge is 0.379 e. The van der Waals surface area contributed by atoms with Gasteiger partial charge in [-0.3, -0.25) is 9.89 Å². The van der Waals surface area contributed by atoms with Crippen LogP contribution in [0.4, 0.5) is 0 Å². The Bertz CT molecular complexity index is 423. The molecule has 0 bridgehead atoms. The van der Waals surface area contributed by atoms with E-state index in [1.54, 1.807) is 0 Å². The Balaban J connectivity index is 0.00000225. The van der Waals surface area contributed by atoms with Crippen molar-refractivity contribution in [2.75, 3.05) is 59.1 Å². The second kappa shape index (κ2) is 10.3. The van der Waals surface area contributed by atoms with Crippen LogP contribution in [0.2, 0.25) is 0 Å². The summed E-state index contributed by atoms with van der Waals surface area (Å²) >= 11 is 0. The maximum atomic E-state index is 6.31. The molecule has 2 saturated heterocycles. The van der Waals surface area contributed by atoms with E-state index >= 15 is 0 Å². The van der Waals surface area contributed by atoms with E-state index in [1.807, 2.05) is 0 Å². The molecule has 2 N–H and O–H groups in total. The summed E-state index contributed by atoms with van der Waals surface area (Å²) in [4.78, 5) is 9.60. The summed E-state index contributed by atoms with van der Waals surface area (Å²) < 4.78 is 11.1. The molecule has 3 fully saturated rings. The van der Waals surface area contributed by atoms with Gasteiger partial charge in [-0.2, -0.15) is 0 Å². The summed E-state index contributed by atoms with van der Waals surface area (Å²) in [6, 6.07) is 0. The lowest BCUT2D eigenvalue weighted by molar-refractivity contribution is 0.00423. The number of aliphatic imine (C=N–C) groups is 1. The number of hydrogen-bond acceptors (Lipinski definition) is 4. The topological polar surface area (TPSA) is 63.3 Å². The van der Waals surface area contributed by atoms with Crippen molar-refractivity contribution >= 4 is 29.9 Å². The van der Waals surface area contributed by atoms with E-state index in [0.29, 0.717) is 11.4 Å². The Kier molecular flexibility index (Phi) is 8.71. The van der Waals surface area contributed by atoms with Crippen molar-refractivity contribution in [2.24, 2.45) is 16.1 Å². The number of rotatable bonds is 4. The van der Waals surface area contributed by atoms with Gasteiger partial charge in [-0.05, 0) is 19.8 Å². The average molecular weight is 466 g/mol. The van der Waals surface area contributed by atoms with Gasteiger partial charge >= 0.3 is 0 Å². The first-order valence-electron chi connectivity index (χ1n) is 9.63. The molecule has 6 nitrogen and oxygen atoms in total. The van der Waals surface area contributed by atoms with E-state index in [-0.39, 0.29) is 30.1 Å². The molecule has 3 rings (SSSR count). The van der Waals surface area contributed by atoms with Crippen molar-refractivity contribution in [3.8, 4) is 0 Å². The fraction of sp³-hybridized carbons (Fsp3) is 0.944. The summed E-state index contributed by atoms with van der Waals surface area (Å²) in [6.07, 6.45) is 6.82. The minimum absolute atomic E-state index is 0. The summed E-state index contributed by atoms with van der Waals surface area (Å²) in [5.74, 6) is 0.706. The van der Waals surface area contributed by atoms with Crippen LogP contribution in [0.1, 0.15) is 39.0 Å². The van der Waals surface area contributed by atoms with Gasteiger partial charge < -0.3 is 20.1 Å². The Labute approximate surface area is 169 Å². The van der Waals surface area contributed by atoms with Gasteiger partial charge in [0.2, 0.25) is 0 Å². The third kappa shape index (κ3) is 6.22. The summed E-state index contributed by atoms with van der Waals surface area (Å²) in [7, 11) is 0. The fourth-order valence-corrected chi connectivity index (χ4v) is 4.28. The summed E-state index contributed by atoms with van der Waals surface area (Å²) in [6.45, 7) is 10.4. The minimum Gasteiger partial charge on any atom is -0.379 e. The predicted octanol–water partition coefficient (Wildman–Crippen LogP) is 1.92. The minimum atomic E-state index is 0. The van der Waals surface area contributed by atoms with Gasteiger partial charge in [-0.15, -0.1) is 24.0 Å². The highest BCUT2D eigenvalue weighted by molar-refractivity contribution is 14.0. The zero-order valence-electron chi connectivity index (χ0n) is 15.6. The van der Waals surface area contributed by atoms with E-state index < -0.39 is 0 Å². The molecular weight excluding hydrogens is 431 g/mol.